The van der Waals surface area contributed by atoms with Gasteiger partial charge in [-0.3, -0.25) is 0 Å². The highest BCUT2D eigenvalue weighted by Gasteiger charge is 1.98. The fraction of sp³-hybridized carbons (Fsp3) is 0.467. The lowest BCUT2D eigenvalue weighted by Gasteiger charge is -2.07. The first kappa shape index (κ1) is 12.8. The summed E-state index contributed by atoms with van der Waals surface area (Å²) in [6, 6.07) is 8.40. The van der Waals surface area contributed by atoms with E-state index in [0.717, 1.165) is 25.2 Å². The number of hydrogen-bond acceptors (Lipinski definition) is 1. The van der Waals surface area contributed by atoms with Gasteiger partial charge in [-0.15, -0.1) is 0 Å². The van der Waals surface area contributed by atoms with Gasteiger partial charge in [-0.25, -0.2) is 0 Å². The topological polar surface area (TPSA) is 9.23 Å². The van der Waals surface area contributed by atoms with Crippen molar-refractivity contribution in [3.63, 3.8) is 0 Å². The Morgan fingerprint density at radius 3 is 2.38 bits per heavy atom. The van der Waals surface area contributed by atoms with Crippen molar-refractivity contribution in [2.24, 2.45) is 0 Å². The summed E-state index contributed by atoms with van der Waals surface area (Å²) >= 11 is 0. The van der Waals surface area contributed by atoms with Crippen LogP contribution in [0, 0.1) is 0 Å². The predicted octanol–water partition coefficient (Wildman–Crippen LogP) is 4.68. The first-order chi connectivity index (χ1) is 7.81. The first-order valence-electron chi connectivity index (χ1n) is 6.20. The van der Waals surface area contributed by atoms with Crippen molar-refractivity contribution in [2.75, 3.05) is 6.61 Å². The molecule has 0 heterocycles. The number of allylic oxidation sites excluding steroid dienone is 2. The first-order valence-corrected chi connectivity index (χ1v) is 6.20. The molecule has 1 aromatic rings. The minimum atomic E-state index is 0.820. The van der Waals surface area contributed by atoms with Gasteiger partial charge in [0.15, 0.2) is 0 Å². The normalized spacial score (nSPS) is 11.6. The van der Waals surface area contributed by atoms with E-state index in [9.17, 15) is 0 Å². The number of benzene rings is 1. The van der Waals surface area contributed by atoms with Crippen LogP contribution in [0.3, 0.4) is 0 Å². The number of rotatable bonds is 6. The lowest BCUT2D eigenvalue weighted by Crippen LogP contribution is -1.96. The van der Waals surface area contributed by atoms with Gasteiger partial charge in [-0.1, -0.05) is 38.5 Å². The summed E-state index contributed by atoms with van der Waals surface area (Å²) < 4.78 is 5.63. The smallest absolute Gasteiger partial charge is 0.119 e. The molecule has 0 aliphatic carbocycles. The Morgan fingerprint density at radius 1 is 1.19 bits per heavy atom. The second-order valence-electron chi connectivity index (χ2n) is 3.89. The Balaban J connectivity index is 2.60. The molecule has 0 spiro atoms. The van der Waals surface area contributed by atoms with Crippen LogP contribution in [0.1, 0.15) is 45.6 Å². The van der Waals surface area contributed by atoms with E-state index in [1.807, 2.05) is 0 Å². The van der Waals surface area contributed by atoms with Crippen molar-refractivity contribution in [3.05, 3.63) is 35.9 Å². The summed E-state index contributed by atoms with van der Waals surface area (Å²) in [6.45, 7) is 7.26. The molecule has 1 rings (SSSR count). The Hall–Kier alpha value is -1.24. The lowest BCUT2D eigenvalue weighted by molar-refractivity contribution is 0.309. The van der Waals surface area contributed by atoms with Gasteiger partial charge in [0.2, 0.25) is 0 Å². The van der Waals surface area contributed by atoms with Crippen LogP contribution in [-0.2, 0) is 0 Å². The zero-order valence-electron chi connectivity index (χ0n) is 10.6. The molecule has 0 aromatic heterocycles. The van der Waals surface area contributed by atoms with E-state index in [1.165, 1.54) is 17.6 Å². The second-order valence-corrected chi connectivity index (χ2v) is 3.89. The molecule has 0 aliphatic rings. The van der Waals surface area contributed by atoms with Gasteiger partial charge in [-0.2, -0.15) is 0 Å². The zero-order valence-corrected chi connectivity index (χ0v) is 10.6. The van der Waals surface area contributed by atoms with Crippen LogP contribution in [0.25, 0.3) is 5.57 Å². The maximum absolute atomic E-state index is 5.63. The van der Waals surface area contributed by atoms with Gasteiger partial charge in [0.1, 0.15) is 5.75 Å². The molecular formula is C15H22O. The van der Waals surface area contributed by atoms with E-state index in [2.05, 4.69) is 51.1 Å². The number of ether oxygens (including phenoxy) is 1. The molecule has 0 saturated heterocycles. The van der Waals surface area contributed by atoms with Crippen molar-refractivity contribution in [2.45, 2.75) is 40.0 Å². The van der Waals surface area contributed by atoms with E-state index >= 15 is 0 Å². The molecule has 16 heavy (non-hydrogen) atoms. The fourth-order valence-electron chi connectivity index (χ4n) is 1.67. The second kappa shape index (κ2) is 7.10. The molecule has 88 valence electrons. The molecule has 0 fully saturated rings. The third-order valence-electron chi connectivity index (χ3n) is 2.72. The molecule has 0 radical (unpaired) electrons. The molecule has 0 unspecified atom stereocenters. The van der Waals surface area contributed by atoms with Crippen molar-refractivity contribution in [1.82, 2.24) is 0 Å². The van der Waals surface area contributed by atoms with Crippen LogP contribution in [0.2, 0.25) is 0 Å². The molecule has 0 aliphatic heterocycles. The Labute approximate surface area is 99.1 Å². The predicted molar refractivity (Wildman–Crippen MR) is 70.8 cm³/mol. The maximum atomic E-state index is 5.63. The third kappa shape index (κ3) is 3.73. The molecule has 1 nitrogen and oxygen atoms in total. The highest BCUT2D eigenvalue weighted by atomic mass is 16.5. The average molecular weight is 218 g/mol. The van der Waals surface area contributed by atoms with Gasteiger partial charge in [0.05, 0.1) is 6.61 Å². The van der Waals surface area contributed by atoms with E-state index in [4.69, 9.17) is 4.74 Å². The average Bonchev–Trinajstić information content (AvgIpc) is 2.33. The summed E-state index contributed by atoms with van der Waals surface area (Å²) in [7, 11) is 0. The van der Waals surface area contributed by atoms with Crippen molar-refractivity contribution >= 4 is 5.57 Å². The van der Waals surface area contributed by atoms with Crippen LogP contribution >= 0.6 is 0 Å². The van der Waals surface area contributed by atoms with E-state index in [0.29, 0.717) is 0 Å². The van der Waals surface area contributed by atoms with Crippen LogP contribution < -0.4 is 4.74 Å². The Morgan fingerprint density at radius 2 is 1.88 bits per heavy atom. The monoisotopic (exact) mass is 218 g/mol. The summed E-state index contributed by atoms with van der Waals surface area (Å²) in [5, 5.41) is 0. The zero-order chi connectivity index (χ0) is 11.8. The van der Waals surface area contributed by atoms with Gasteiger partial charge >= 0.3 is 0 Å². The van der Waals surface area contributed by atoms with Gasteiger partial charge in [0, 0.05) is 0 Å². The van der Waals surface area contributed by atoms with Crippen LogP contribution in [0.5, 0.6) is 5.75 Å². The number of hydrogen-bond donors (Lipinski definition) is 0. The standard InChI is InChI=1S/C15H22O/c1-4-7-12-16-15-10-8-14(9-11-15)13(5-2)6-3/h5,8-11H,4,6-7,12H2,1-3H3. The lowest BCUT2D eigenvalue weighted by atomic mass is 10.0. The van der Waals surface area contributed by atoms with E-state index < -0.39 is 0 Å². The molecule has 0 amide bonds. The molecule has 0 bridgehead atoms. The summed E-state index contributed by atoms with van der Waals surface area (Å²) in [6.07, 6.45) is 5.55. The highest BCUT2D eigenvalue weighted by molar-refractivity contribution is 5.65. The van der Waals surface area contributed by atoms with Gasteiger partial charge < -0.3 is 4.74 Å². The number of unbranched alkanes of at least 4 members (excludes halogenated alkanes) is 1. The third-order valence-corrected chi connectivity index (χ3v) is 2.72. The van der Waals surface area contributed by atoms with Crippen LogP contribution in [0.4, 0.5) is 0 Å². The Bertz CT molecular complexity index is 322. The maximum Gasteiger partial charge on any atom is 0.119 e. The summed E-state index contributed by atoms with van der Waals surface area (Å²) in [4.78, 5) is 0. The van der Waals surface area contributed by atoms with Crippen LogP contribution in [-0.4, -0.2) is 6.61 Å². The van der Waals surface area contributed by atoms with E-state index in [1.54, 1.807) is 0 Å². The minimum absolute atomic E-state index is 0.820. The molecule has 1 aromatic carbocycles. The fourth-order valence-corrected chi connectivity index (χ4v) is 1.67. The summed E-state index contributed by atoms with van der Waals surface area (Å²) in [5.74, 6) is 0.976. The quantitative estimate of drug-likeness (QED) is 0.630. The van der Waals surface area contributed by atoms with Gasteiger partial charge in [-0.05, 0) is 43.0 Å². The van der Waals surface area contributed by atoms with E-state index in [-0.39, 0.29) is 0 Å². The van der Waals surface area contributed by atoms with Crippen molar-refractivity contribution in [1.29, 1.82) is 0 Å². The molecule has 1 heteroatoms. The van der Waals surface area contributed by atoms with Gasteiger partial charge in [0.25, 0.3) is 0 Å². The van der Waals surface area contributed by atoms with Crippen molar-refractivity contribution in [3.8, 4) is 5.75 Å². The van der Waals surface area contributed by atoms with Crippen molar-refractivity contribution < 1.29 is 4.74 Å². The SMILES string of the molecule is CC=C(CC)c1ccc(OCCCC)cc1. The van der Waals surface area contributed by atoms with Crippen LogP contribution in [0.15, 0.2) is 30.3 Å². The highest BCUT2D eigenvalue weighted by Crippen LogP contribution is 2.21. The minimum Gasteiger partial charge on any atom is -0.494 e. The molecule has 0 atom stereocenters. The molecule has 0 saturated carbocycles. The molecular weight excluding hydrogens is 196 g/mol. The molecule has 0 N–H and O–H groups in total. The Kier molecular flexibility index (Phi) is 5.69. The largest absolute Gasteiger partial charge is 0.494 e. The summed E-state index contributed by atoms with van der Waals surface area (Å²) in [5.41, 5.74) is 2.69.